The maximum Gasteiger partial charge on any atom is 0.220 e. The van der Waals surface area contributed by atoms with Crippen LogP contribution in [-0.2, 0) is 17.6 Å². The summed E-state index contributed by atoms with van der Waals surface area (Å²) in [6.07, 6.45) is 8.76. The van der Waals surface area contributed by atoms with Crippen molar-refractivity contribution in [3.63, 3.8) is 0 Å². The molecule has 2 aromatic rings. The Morgan fingerprint density at radius 2 is 1.92 bits per heavy atom. The number of carbonyl (C=O) groups is 1. The van der Waals surface area contributed by atoms with E-state index in [0.29, 0.717) is 37.1 Å². The fourth-order valence-electron chi connectivity index (χ4n) is 3.40. The summed E-state index contributed by atoms with van der Waals surface area (Å²) >= 11 is 0. The van der Waals surface area contributed by atoms with E-state index in [9.17, 15) is 4.79 Å². The third-order valence-electron chi connectivity index (χ3n) is 4.73. The third-order valence-corrected chi connectivity index (χ3v) is 4.73. The number of carbonyl (C=O) groups excluding carboxylic acids is 1. The largest absolute Gasteiger partial charge is 0.425 e. The van der Waals surface area contributed by atoms with Crippen LogP contribution in [0, 0.1) is 6.92 Å². The van der Waals surface area contributed by atoms with Crippen LogP contribution < -0.4 is 5.32 Å². The highest BCUT2D eigenvalue weighted by atomic mass is 16.4. The maximum absolute atomic E-state index is 12.1. The quantitative estimate of drug-likeness (QED) is 0.813. The number of aromatic nitrogens is 2. The molecular weight excluding hydrogens is 314 g/mol. The van der Waals surface area contributed by atoms with Gasteiger partial charge in [-0.25, -0.2) is 0 Å². The van der Waals surface area contributed by atoms with Gasteiger partial charge in [-0.2, -0.15) is 0 Å². The normalized spacial score (nSPS) is 15.7. The summed E-state index contributed by atoms with van der Waals surface area (Å²) in [4.78, 5) is 12.1. The molecule has 3 rings (SSSR count). The predicted octanol–water partition coefficient (Wildman–Crippen LogP) is 3.74. The van der Waals surface area contributed by atoms with Gasteiger partial charge in [-0.1, -0.05) is 55.5 Å². The second kappa shape index (κ2) is 8.79. The van der Waals surface area contributed by atoms with Gasteiger partial charge in [-0.3, -0.25) is 4.79 Å². The average molecular weight is 341 g/mol. The van der Waals surface area contributed by atoms with E-state index in [0.717, 1.165) is 18.4 Å². The van der Waals surface area contributed by atoms with Crippen LogP contribution in [-0.4, -0.2) is 22.1 Å². The molecule has 1 N–H and O–H groups in total. The molecule has 1 aromatic carbocycles. The minimum atomic E-state index is 0.0883. The topological polar surface area (TPSA) is 68.0 Å². The SMILES string of the molecule is Cc1cccc(Cc2nnc(CCC(=O)NC3CCCCCC3)o2)c1. The fourth-order valence-corrected chi connectivity index (χ4v) is 3.40. The monoisotopic (exact) mass is 341 g/mol. The van der Waals surface area contributed by atoms with Crippen LogP contribution >= 0.6 is 0 Å². The molecule has 1 aromatic heterocycles. The Balaban J connectivity index is 1.45. The van der Waals surface area contributed by atoms with Gasteiger partial charge in [0.2, 0.25) is 17.7 Å². The molecule has 5 heteroatoms. The molecule has 1 saturated carbocycles. The van der Waals surface area contributed by atoms with Gasteiger partial charge in [-0.15, -0.1) is 10.2 Å². The Labute approximate surface area is 149 Å². The van der Waals surface area contributed by atoms with Crippen molar-refractivity contribution in [3.05, 3.63) is 47.2 Å². The molecule has 134 valence electrons. The Morgan fingerprint density at radius 3 is 2.68 bits per heavy atom. The summed E-state index contributed by atoms with van der Waals surface area (Å²) in [5.41, 5.74) is 2.37. The van der Waals surface area contributed by atoms with Gasteiger partial charge >= 0.3 is 0 Å². The van der Waals surface area contributed by atoms with Crippen molar-refractivity contribution in [3.8, 4) is 0 Å². The summed E-state index contributed by atoms with van der Waals surface area (Å²) in [5.74, 6) is 1.23. The first-order valence-corrected chi connectivity index (χ1v) is 9.35. The summed E-state index contributed by atoms with van der Waals surface area (Å²) in [5, 5.41) is 11.3. The molecule has 0 saturated heterocycles. The predicted molar refractivity (Wildman–Crippen MR) is 96.2 cm³/mol. The number of aryl methyl sites for hydroxylation is 2. The Morgan fingerprint density at radius 1 is 1.16 bits per heavy atom. The number of hydrogen-bond donors (Lipinski definition) is 1. The van der Waals surface area contributed by atoms with Gasteiger partial charge < -0.3 is 9.73 Å². The molecule has 1 fully saturated rings. The zero-order chi connectivity index (χ0) is 17.5. The van der Waals surface area contributed by atoms with E-state index in [2.05, 4.69) is 40.6 Å². The lowest BCUT2D eigenvalue weighted by Crippen LogP contribution is -2.34. The molecule has 5 nitrogen and oxygen atoms in total. The average Bonchev–Trinajstić information content (AvgIpc) is 2.87. The summed E-state index contributed by atoms with van der Waals surface area (Å²) < 4.78 is 5.69. The lowest BCUT2D eigenvalue weighted by atomic mass is 10.1. The molecular formula is C20H27N3O2. The zero-order valence-corrected chi connectivity index (χ0v) is 15.0. The molecule has 0 radical (unpaired) electrons. The molecule has 25 heavy (non-hydrogen) atoms. The molecule has 0 spiro atoms. The zero-order valence-electron chi connectivity index (χ0n) is 15.0. The third kappa shape index (κ3) is 5.69. The van der Waals surface area contributed by atoms with E-state index in [1.54, 1.807) is 0 Å². The number of nitrogens with zero attached hydrogens (tertiary/aromatic N) is 2. The van der Waals surface area contributed by atoms with E-state index >= 15 is 0 Å². The van der Waals surface area contributed by atoms with Crippen molar-refractivity contribution < 1.29 is 9.21 Å². The number of hydrogen-bond acceptors (Lipinski definition) is 4. The first-order valence-electron chi connectivity index (χ1n) is 9.35. The minimum absolute atomic E-state index is 0.0883. The molecule has 1 heterocycles. The summed E-state index contributed by atoms with van der Waals surface area (Å²) in [6.45, 7) is 2.07. The first-order chi connectivity index (χ1) is 12.2. The van der Waals surface area contributed by atoms with E-state index in [4.69, 9.17) is 4.42 Å². The van der Waals surface area contributed by atoms with Crippen LogP contribution in [0.1, 0.15) is 67.9 Å². The van der Waals surface area contributed by atoms with Crippen LogP contribution in [0.5, 0.6) is 0 Å². The molecule has 1 aliphatic carbocycles. The van der Waals surface area contributed by atoms with Gasteiger partial charge in [0.05, 0.1) is 6.42 Å². The van der Waals surface area contributed by atoms with Crippen molar-refractivity contribution in [1.29, 1.82) is 0 Å². The van der Waals surface area contributed by atoms with E-state index in [1.165, 1.54) is 31.2 Å². The van der Waals surface area contributed by atoms with Crippen LogP contribution in [0.4, 0.5) is 0 Å². The Hall–Kier alpha value is -2.17. The van der Waals surface area contributed by atoms with E-state index in [-0.39, 0.29) is 5.91 Å². The Bertz CT molecular complexity index is 688. The van der Waals surface area contributed by atoms with Crippen LogP contribution in [0.3, 0.4) is 0 Å². The standard InChI is InChI=1S/C20H27N3O2/c1-15-7-6-8-16(13-15)14-20-23-22-19(25-20)12-11-18(24)21-17-9-4-2-3-5-10-17/h6-8,13,17H,2-5,9-12,14H2,1H3,(H,21,24). The van der Waals surface area contributed by atoms with Crippen LogP contribution in [0.25, 0.3) is 0 Å². The highest BCUT2D eigenvalue weighted by Gasteiger charge is 2.15. The highest BCUT2D eigenvalue weighted by Crippen LogP contribution is 2.17. The van der Waals surface area contributed by atoms with Crippen molar-refractivity contribution in [2.45, 2.75) is 70.8 Å². The van der Waals surface area contributed by atoms with E-state index < -0.39 is 0 Å². The minimum Gasteiger partial charge on any atom is -0.425 e. The Kier molecular flexibility index (Phi) is 6.20. The molecule has 1 amide bonds. The molecule has 0 unspecified atom stereocenters. The second-order valence-corrected chi connectivity index (χ2v) is 7.01. The van der Waals surface area contributed by atoms with Crippen LogP contribution in [0.15, 0.2) is 28.7 Å². The van der Waals surface area contributed by atoms with Crippen molar-refractivity contribution in [2.75, 3.05) is 0 Å². The number of amides is 1. The summed E-state index contributed by atoms with van der Waals surface area (Å²) in [7, 11) is 0. The molecule has 0 atom stereocenters. The van der Waals surface area contributed by atoms with Gasteiger partial charge in [0.15, 0.2) is 0 Å². The van der Waals surface area contributed by atoms with Crippen molar-refractivity contribution in [2.24, 2.45) is 0 Å². The van der Waals surface area contributed by atoms with E-state index in [1.807, 2.05) is 6.07 Å². The first kappa shape index (κ1) is 17.6. The summed E-state index contributed by atoms with van der Waals surface area (Å²) in [6, 6.07) is 8.60. The maximum atomic E-state index is 12.1. The number of nitrogens with one attached hydrogen (secondary N) is 1. The van der Waals surface area contributed by atoms with Gasteiger partial charge in [0.1, 0.15) is 0 Å². The molecule has 0 bridgehead atoms. The number of benzene rings is 1. The number of rotatable bonds is 6. The van der Waals surface area contributed by atoms with Gasteiger partial charge in [-0.05, 0) is 25.3 Å². The van der Waals surface area contributed by atoms with Crippen molar-refractivity contribution in [1.82, 2.24) is 15.5 Å². The lowest BCUT2D eigenvalue weighted by Gasteiger charge is -2.15. The van der Waals surface area contributed by atoms with Crippen molar-refractivity contribution >= 4 is 5.91 Å². The molecule has 0 aliphatic heterocycles. The highest BCUT2D eigenvalue weighted by molar-refractivity contribution is 5.76. The molecule has 1 aliphatic rings. The lowest BCUT2D eigenvalue weighted by molar-refractivity contribution is -0.121. The van der Waals surface area contributed by atoms with Gasteiger partial charge in [0.25, 0.3) is 0 Å². The second-order valence-electron chi connectivity index (χ2n) is 7.01. The van der Waals surface area contributed by atoms with Crippen LogP contribution in [0.2, 0.25) is 0 Å². The fraction of sp³-hybridized carbons (Fsp3) is 0.550. The van der Waals surface area contributed by atoms with Gasteiger partial charge in [0, 0.05) is 18.9 Å². The smallest absolute Gasteiger partial charge is 0.220 e.